The second-order valence-corrected chi connectivity index (χ2v) is 10.1. The molecule has 2 aromatic heterocycles. The predicted molar refractivity (Wildman–Crippen MR) is 144 cm³/mol. The van der Waals surface area contributed by atoms with Crippen LogP contribution in [0.15, 0.2) is 29.2 Å². The normalized spacial score (nSPS) is 24.2. The molecule has 2 aliphatic heterocycles. The molecule has 3 aliphatic rings. The summed E-state index contributed by atoms with van der Waals surface area (Å²) in [5.41, 5.74) is 13.3. The Kier molecular flexibility index (Phi) is 8.72. The van der Waals surface area contributed by atoms with Gasteiger partial charge in [-0.05, 0) is 44.6 Å². The van der Waals surface area contributed by atoms with Crippen molar-refractivity contribution in [3.8, 4) is 5.88 Å². The molecular weight excluding hydrogens is 488 g/mol. The molecule has 0 spiro atoms. The van der Waals surface area contributed by atoms with E-state index in [2.05, 4.69) is 20.2 Å². The van der Waals surface area contributed by atoms with Crippen LogP contribution in [0.25, 0.3) is 11.0 Å². The van der Waals surface area contributed by atoms with Crippen LogP contribution in [0.2, 0.25) is 0 Å². The van der Waals surface area contributed by atoms with Crippen molar-refractivity contribution in [3.05, 3.63) is 24.2 Å². The number of aliphatic imine (C=N–C) groups is 1. The van der Waals surface area contributed by atoms with E-state index in [9.17, 15) is 4.79 Å². The van der Waals surface area contributed by atoms with Gasteiger partial charge in [0.25, 0.3) is 0 Å². The molecule has 12 nitrogen and oxygen atoms in total. The van der Waals surface area contributed by atoms with E-state index in [0.29, 0.717) is 47.8 Å². The fourth-order valence-corrected chi connectivity index (χ4v) is 5.40. The van der Waals surface area contributed by atoms with Gasteiger partial charge in [0.15, 0.2) is 0 Å². The fourth-order valence-electron chi connectivity index (χ4n) is 5.40. The number of ether oxygens (including phenoxy) is 3. The minimum absolute atomic E-state index is 0.0193. The van der Waals surface area contributed by atoms with Crippen molar-refractivity contribution in [1.82, 2.24) is 19.4 Å². The summed E-state index contributed by atoms with van der Waals surface area (Å²) in [5, 5.41) is 3.17. The molecule has 0 unspecified atom stereocenters. The van der Waals surface area contributed by atoms with E-state index >= 15 is 0 Å². The number of anilines is 1. The first-order chi connectivity index (χ1) is 18.6. The lowest BCUT2D eigenvalue weighted by Crippen LogP contribution is -2.46. The lowest BCUT2D eigenvalue weighted by atomic mass is 9.91. The molecule has 0 radical (unpaired) electrons. The maximum atomic E-state index is 11.7. The lowest BCUT2D eigenvalue weighted by Gasteiger charge is -2.38. The first-order valence-corrected chi connectivity index (χ1v) is 13.5. The van der Waals surface area contributed by atoms with Gasteiger partial charge < -0.3 is 35.6 Å². The maximum absolute atomic E-state index is 11.7. The van der Waals surface area contributed by atoms with Crippen LogP contribution in [-0.2, 0) is 20.8 Å². The third-order valence-electron chi connectivity index (χ3n) is 7.44. The third kappa shape index (κ3) is 6.61. The second kappa shape index (κ2) is 12.5. The summed E-state index contributed by atoms with van der Waals surface area (Å²) in [7, 11) is 0. The van der Waals surface area contributed by atoms with Gasteiger partial charge in [0, 0.05) is 51.0 Å². The van der Waals surface area contributed by atoms with Crippen LogP contribution in [0.4, 0.5) is 5.95 Å². The first kappa shape index (κ1) is 26.4. The summed E-state index contributed by atoms with van der Waals surface area (Å²) in [6, 6.07) is 2.60. The number of hydrogen-bond donors (Lipinski definition) is 3. The van der Waals surface area contributed by atoms with E-state index in [0.717, 1.165) is 64.8 Å². The minimum atomic E-state index is -0.445. The number of carbonyl (C=O) groups excluding carboxylic acids is 1. The van der Waals surface area contributed by atoms with Gasteiger partial charge in [0.1, 0.15) is 18.2 Å². The van der Waals surface area contributed by atoms with Gasteiger partial charge >= 0.3 is 0 Å². The van der Waals surface area contributed by atoms with Crippen molar-refractivity contribution < 1.29 is 19.0 Å². The summed E-state index contributed by atoms with van der Waals surface area (Å²) in [6.07, 6.45) is 10.7. The van der Waals surface area contributed by atoms with E-state index in [4.69, 9.17) is 30.7 Å². The van der Waals surface area contributed by atoms with Crippen LogP contribution in [-0.4, -0.2) is 89.3 Å². The van der Waals surface area contributed by atoms with Crippen molar-refractivity contribution in [3.63, 3.8) is 0 Å². The topological polar surface area (TPSA) is 155 Å². The molecule has 3 fully saturated rings. The van der Waals surface area contributed by atoms with Gasteiger partial charge in [0.2, 0.25) is 17.7 Å². The summed E-state index contributed by atoms with van der Waals surface area (Å²) in [6.45, 7) is 5.05. The number of hydrogen-bond acceptors (Lipinski definition) is 10. The minimum Gasteiger partial charge on any atom is -0.473 e. The average Bonchev–Trinajstić information content (AvgIpc) is 3.34. The molecule has 1 aliphatic carbocycles. The van der Waals surface area contributed by atoms with E-state index in [1.165, 1.54) is 6.20 Å². The number of aromatic nitrogens is 3. The van der Waals surface area contributed by atoms with Crippen LogP contribution in [0, 0.1) is 0 Å². The Morgan fingerprint density at radius 3 is 2.55 bits per heavy atom. The number of nitrogens with two attached hydrogens (primary N) is 2. The molecule has 0 aromatic carbocycles. The zero-order valence-corrected chi connectivity index (χ0v) is 21.8. The van der Waals surface area contributed by atoms with Crippen molar-refractivity contribution in [1.29, 1.82) is 0 Å². The summed E-state index contributed by atoms with van der Waals surface area (Å²) in [4.78, 5) is 28.2. The number of nitrogens with zero attached hydrogens (tertiary/aromatic N) is 5. The smallest absolute Gasteiger partial charge is 0.243 e. The van der Waals surface area contributed by atoms with Crippen LogP contribution in [0.3, 0.4) is 0 Å². The summed E-state index contributed by atoms with van der Waals surface area (Å²) in [5.74, 6) is 0.331. The van der Waals surface area contributed by atoms with E-state index in [-0.39, 0.29) is 18.7 Å². The summed E-state index contributed by atoms with van der Waals surface area (Å²) < 4.78 is 19.1. The van der Waals surface area contributed by atoms with Gasteiger partial charge in [-0.25, -0.2) is 4.98 Å². The highest BCUT2D eigenvalue weighted by Gasteiger charge is 2.29. The highest BCUT2D eigenvalue weighted by Crippen LogP contribution is 2.31. The number of rotatable bonds is 9. The highest BCUT2D eigenvalue weighted by atomic mass is 16.5. The average molecular weight is 527 g/mol. The Morgan fingerprint density at radius 2 is 1.84 bits per heavy atom. The van der Waals surface area contributed by atoms with Crippen LogP contribution in [0.5, 0.6) is 5.88 Å². The van der Waals surface area contributed by atoms with Crippen molar-refractivity contribution in [2.45, 2.75) is 63.3 Å². The standard InChI is InChI=1S/C26H38N8O4/c27-15-19(16-29-18-6-11-36-12-7-18)30-26-31-22-5-8-34(17-23(28)35)24(22)25(32-26)38-21-3-1-20(2-4-21)33-9-13-37-14-10-33/h5,8,15-16,18,20-21H,1-4,6-7,9-14,17,27H2,(H2,28,35)(H,30,31,32). The Hall–Kier alpha value is -3.22. The number of carbonyl (C=O) groups is 1. The number of fused-ring (bicyclic) bond motifs is 1. The van der Waals surface area contributed by atoms with Gasteiger partial charge in [-0.3, -0.25) is 14.7 Å². The van der Waals surface area contributed by atoms with Crippen molar-refractivity contribution in [2.24, 2.45) is 16.5 Å². The summed E-state index contributed by atoms with van der Waals surface area (Å²) >= 11 is 0. The molecule has 0 atom stereocenters. The van der Waals surface area contributed by atoms with Gasteiger partial charge in [0.05, 0.1) is 30.5 Å². The Balaban J connectivity index is 1.32. The third-order valence-corrected chi connectivity index (χ3v) is 7.44. The highest BCUT2D eigenvalue weighted by molar-refractivity contribution is 5.86. The molecular formula is C26H38N8O4. The number of nitrogens with one attached hydrogen (secondary N) is 1. The molecule has 206 valence electrons. The lowest BCUT2D eigenvalue weighted by molar-refractivity contribution is -0.118. The van der Waals surface area contributed by atoms with E-state index in [1.54, 1.807) is 17.0 Å². The second-order valence-electron chi connectivity index (χ2n) is 10.1. The SMILES string of the molecule is NC=C(C=NC1CCOCC1)Nc1nc(OC2CCC(N3CCOCC3)CC2)c2c(ccn2CC(N)=O)n1. The zero-order chi connectivity index (χ0) is 26.3. The monoisotopic (exact) mass is 526 g/mol. The fraction of sp³-hybridized carbons (Fsp3) is 0.615. The van der Waals surface area contributed by atoms with Crippen LogP contribution < -0.4 is 21.5 Å². The van der Waals surface area contributed by atoms with E-state index < -0.39 is 5.91 Å². The van der Waals surface area contributed by atoms with Crippen molar-refractivity contribution >= 4 is 29.1 Å². The zero-order valence-electron chi connectivity index (χ0n) is 21.8. The molecule has 1 amide bonds. The number of amides is 1. The largest absolute Gasteiger partial charge is 0.473 e. The molecule has 4 heterocycles. The number of allylic oxidation sites excluding steroid dienone is 1. The molecule has 0 bridgehead atoms. The van der Waals surface area contributed by atoms with E-state index in [1.807, 2.05) is 6.07 Å². The molecule has 5 N–H and O–H groups in total. The Morgan fingerprint density at radius 1 is 1.11 bits per heavy atom. The maximum Gasteiger partial charge on any atom is 0.243 e. The first-order valence-electron chi connectivity index (χ1n) is 13.5. The number of primary amides is 1. The van der Waals surface area contributed by atoms with Gasteiger partial charge in [-0.15, -0.1) is 0 Å². The van der Waals surface area contributed by atoms with Crippen LogP contribution >= 0.6 is 0 Å². The molecule has 1 saturated carbocycles. The van der Waals surface area contributed by atoms with Gasteiger partial charge in [-0.1, -0.05) is 0 Å². The van der Waals surface area contributed by atoms with Crippen LogP contribution in [0.1, 0.15) is 38.5 Å². The Bertz CT molecular complexity index is 1150. The predicted octanol–water partition coefficient (Wildman–Crippen LogP) is 1.40. The van der Waals surface area contributed by atoms with Crippen molar-refractivity contribution in [2.75, 3.05) is 44.8 Å². The van der Waals surface area contributed by atoms with Gasteiger partial charge in [-0.2, -0.15) is 4.98 Å². The Labute approximate surface area is 222 Å². The number of morpholine rings is 1. The molecule has 2 saturated heterocycles. The molecule has 2 aromatic rings. The molecule has 38 heavy (non-hydrogen) atoms. The molecule has 5 rings (SSSR count). The molecule has 12 heteroatoms. The quantitative estimate of drug-likeness (QED) is 0.411.